The van der Waals surface area contributed by atoms with Crippen LogP contribution in [-0.4, -0.2) is 11.5 Å². The van der Waals surface area contributed by atoms with Gasteiger partial charge < -0.3 is 5.32 Å². The second-order valence-corrected chi connectivity index (χ2v) is 4.25. The lowest BCUT2D eigenvalue weighted by Crippen LogP contribution is -2.26. The minimum absolute atomic E-state index is 0.475. The number of piperidine rings is 1. The zero-order valence-electron chi connectivity index (χ0n) is 8.39. The first-order valence-electron chi connectivity index (χ1n) is 5.13. The van der Waals surface area contributed by atoms with Gasteiger partial charge in [-0.05, 0) is 44.0 Å². The van der Waals surface area contributed by atoms with Gasteiger partial charge in [0.25, 0.3) is 0 Å². The maximum absolute atomic E-state index is 5.93. The molecule has 1 atom stereocenters. The molecule has 2 heterocycles. The summed E-state index contributed by atoms with van der Waals surface area (Å²) in [6.45, 7) is 3.10. The van der Waals surface area contributed by atoms with E-state index in [1.54, 1.807) is 0 Å². The quantitative estimate of drug-likeness (QED) is 0.722. The fourth-order valence-corrected chi connectivity index (χ4v) is 2.25. The molecule has 0 bridgehead atoms. The van der Waals surface area contributed by atoms with Crippen LogP contribution in [0.3, 0.4) is 0 Å². The molecule has 2 nitrogen and oxygen atoms in total. The summed E-state index contributed by atoms with van der Waals surface area (Å²) < 4.78 is 0. The van der Waals surface area contributed by atoms with E-state index in [0.717, 1.165) is 12.2 Å². The Morgan fingerprint density at radius 3 is 2.93 bits per heavy atom. The standard InChI is InChI=1S/C11H15ClN2/c1-8-6-9(7-11(12)14-8)10-4-2-3-5-13-10/h6-7,10,13H,2-5H2,1H3. The molecule has 3 heteroatoms. The average Bonchev–Trinajstić information content (AvgIpc) is 2.18. The Morgan fingerprint density at radius 1 is 1.43 bits per heavy atom. The van der Waals surface area contributed by atoms with Crippen molar-refractivity contribution in [1.82, 2.24) is 10.3 Å². The number of hydrogen-bond acceptors (Lipinski definition) is 2. The van der Waals surface area contributed by atoms with Crippen molar-refractivity contribution < 1.29 is 0 Å². The van der Waals surface area contributed by atoms with Crippen LogP contribution in [-0.2, 0) is 0 Å². The van der Waals surface area contributed by atoms with Crippen molar-refractivity contribution >= 4 is 11.6 Å². The number of aryl methyl sites for hydroxylation is 1. The van der Waals surface area contributed by atoms with E-state index in [1.807, 2.05) is 13.0 Å². The Bertz CT molecular complexity index is 299. The van der Waals surface area contributed by atoms with E-state index in [2.05, 4.69) is 16.4 Å². The van der Waals surface area contributed by atoms with Crippen molar-refractivity contribution in [3.63, 3.8) is 0 Å². The molecule has 76 valence electrons. The van der Waals surface area contributed by atoms with Gasteiger partial charge in [-0.2, -0.15) is 0 Å². The van der Waals surface area contributed by atoms with Crippen LogP contribution in [0.15, 0.2) is 12.1 Å². The lowest BCUT2D eigenvalue weighted by Gasteiger charge is -2.24. The van der Waals surface area contributed by atoms with Gasteiger partial charge in [-0.3, -0.25) is 0 Å². The molecular weight excluding hydrogens is 196 g/mol. The van der Waals surface area contributed by atoms with Crippen LogP contribution in [0.2, 0.25) is 5.15 Å². The highest BCUT2D eigenvalue weighted by Crippen LogP contribution is 2.24. The second-order valence-electron chi connectivity index (χ2n) is 3.87. The average molecular weight is 211 g/mol. The highest BCUT2D eigenvalue weighted by molar-refractivity contribution is 6.29. The molecule has 2 rings (SSSR count). The third-order valence-corrected chi connectivity index (χ3v) is 2.85. The number of nitrogens with one attached hydrogen (secondary N) is 1. The summed E-state index contributed by atoms with van der Waals surface area (Å²) in [4.78, 5) is 4.17. The molecule has 1 unspecified atom stereocenters. The van der Waals surface area contributed by atoms with Gasteiger partial charge in [0.05, 0.1) is 0 Å². The molecular formula is C11H15ClN2. The van der Waals surface area contributed by atoms with Crippen molar-refractivity contribution in [3.05, 3.63) is 28.5 Å². The van der Waals surface area contributed by atoms with Crippen molar-refractivity contribution in [1.29, 1.82) is 0 Å². The van der Waals surface area contributed by atoms with Crippen molar-refractivity contribution in [3.8, 4) is 0 Å². The first-order chi connectivity index (χ1) is 6.75. The highest BCUT2D eigenvalue weighted by Gasteiger charge is 2.15. The smallest absolute Gasteiger partial charge is 0.129 e. The minimum atomic E-state index is 0.475. The lowest BCUT2D eigenvalue weighted by atomic mass is 9.98. The molecule has 0 spiro atoms. The topological polar surface area (TPSA) is 24.9 Å². The van der Waals surface area contributed by atoms with Gasteiger partial charge in [0.1, 0.15) is 5.15 Å². The monoisotopic (exact) mass is 210 g/mol. The van der Waals surface area contributed by atoms with Crippen molar-refractivity contribution in [2.45, 2.75) is 32.2 Å². The van der Waals surface area contributed by atoms with Gasteiger partial charge in [0, 0.05) is 11.7 Å². The molecule has 14 heavy (non-hydrogen) atoms. The number of halogens is 1. The van der Waals surface area contributed by atoms with Gasteiger partial charge in [0.15, 0.2) is 0 Å². The molecule has 1 aliphatic heterocycles. The third kappa shape index (κ3) is 2.25. The summed E-state index contributed by atoms with van der Waals surface area (Å²) in [6.07, 6.45) is 3.80. The predicted octanol–water partition coefficient (Wildman–Crippen LogP) is 2.86. The predicted molar refractivity (Wildman–Crippen MR) is 58.6 cm³/mol. The first kappa shape index (κ1) is 9.94. The lowest BCUT2D eigenvalue weighted by molar-refractivity contribution is 0.412. The normalized spacial score (nSPS) is 22.3. The molecule has 1 fully saturated rings. The summed E-state index contributed by atoms with van der Waals surface area (Å²) in [5.41, 5.74) is 2.28. The van der Waals surface area contributed by atoms with Gasteiger partial charge in [-0.25, -0.2) is 4.98 Å². The first-order valence-corrected chi connectivity index (χ1v) is 5.51. The van der Waals surface area contributed by atoms with Crippen LogP contribution in [0.5, 0.6) is 0 Å². The molecule has 0 aliphatic carbocycles. The molecule has 1 saturated heterocycles. The van der Waals surface area contributed by atoms with Gasteiger partial charge >= 0.3 is 0 Å². The maximum Gasteiger partial charge on any atom is 0.129 e. The number of hydrogen-bond donors (Lipinski definition) is 1. The SMILES string of the molecule is Cc1cc(C2CCCCN2)cc(Cl)n1. The third-order valence-electron chi connectivity index (χ3n) is 2.66. The highest BCUT2D eigenvalue weighted by atomic mass is 35.5. The van der Waals surface area contributed by atoms with E-state index in [9.17, 15) is 0 Å². The van der Waals surface area contributed by atoms with Crippen LogP contribution in [0.1, 0.15) is 36.6 Å². The molecule has 1 aromatic rings. The Morgan fingerprint density at radius 2 is 2.29 bits per heavy atom. The Labute approximate surface area is 89.7 Å². The Balaban J connectivity index is 2.21. The van der Waals surface area contributed by atoms with E-state index in [4.69, 9.17) is 11.6 Å². The van der Waals surface area contributed by atoms with Crippen LogP contribution in [0, 0.1) is 6.92 Å². The molecule has 1 aromatic heterocycles. The Hall–Kier alpha value is -0.600. The van der Waals surface area contributed by atoms with Crippen LogP contribution in [0.4, 0.5) is 0 Å². The van der Waals surface area contributed by atoms with E-state index in [1.165, 1.54) is 24.8 Å². The zero-order chi connectivity index (χ0) is 9.97. The van der Waals surface area contributed by atoms with E-state index >= 15 is 0 Å². The number of pyridine rings is 1. The van der Waals surface area contributed by atoms with Gasteiger partial charge in [-0.15, -0.1) is 0 Å². The van der Waals surface area contributed by atoms with E-state index in [0.29, 0.717) is 11.2 Å². The molecule has 0 saturated carbocycles. The van der Waals surface area contributed by atoms with Crippen molar-refractivity contribution in [2.75, 3.05) is 6.54 Å². The number of aromatic nitrogens is 1. The van der Waals surface area contributed by atoms with E-state index < -0.39 is 0 Å². The second kappa shape index (κ2) is 4.28. The molecule has 0 aromatic carbocycles. The van der Waals surface area contributed by atoms with Gasteiger partial charge in [0.2, 0.25) is 0 Å². The Kier molecular flexibility index (Phi) is 3.04. The fourth-order valence-electron chi connectivity index (χ4n) is 1.99. The fraction of sp³-hybridized carbons (Fsp3) is 0.545. The van der Waals surface area contributed by atoms with Gasteiger partial charge in [-0.1, -0.05) is 18.0 Å². The summed E-state index contributed by atoms with van der Waals surface area (Å²) in [7, 11) is 0. The molecule has 1 aliphatic rings. The summed E-state index contributed by atoms with van der Waals surface area (Å²) in [6, 6.07) is 4.56. The molecule has 1 N–H and O–H groups in total. The zero-order valence-corrected chi connectivity index (χ0v) is 9.14. The van der Waals surface area contributed by atoms with Crippen LogP contribution >= 0.6 is 11.6 Å². The molecule has 0 amide bonds. The van der Waals surface area contributed by atoms with Crippen LogP contribution < -0.4 is 5.32 Å². The summed E-state index contributed by atoms with van der Waals surface area (Å²) in [5, 5.41) is 4.11. The van der Waals surface area contributed by atoms with Crippen LogP contribution in [0.25, 0.3) is 0 Å². The maximum atomic E-state index is 5.93. The molecule has 0 radical (unpaired) electrons. The largest absolute Gasteiger partial charge is 0.310 e. The van der Waals surface area contributed by atoms with E-state index in [-0.39, 0.29) is 0 Å². The number of rotatable bonds is 1. The summed E-state index contributed by atoms with van der Waals surface area (Å²) in [5.74, 6) is 0. The minimum Gasteiger partial charge on any atom is -0.310 e. The number of nitrogens with zero attached hydrogens (tertiary/aromatic N) is 1. The van der Waals surface area contributed by atoms with Crippen molar-refractivity contribution in [2.24, 2.45) is 0 Å². The summed E-state index contributed by atoms with van der Waals surface area (Å²) >= 11 is 5.93.